The van der Waals surface area contributed by atoms with Gasteiger partial charge in [-0.25, -0.2) is 4.39 Å². The summed E-state index contributed by atoms with van der Waals surface area (Å²) in [7, 11) is 0. The number of carbonyl (C=O) groups excluding carboxylic acids is 2. The van der Waals surface area contributed by atoms with Gasteiger partial charge in [-0.1, -0.05) is 29.3 Å². The molecule has 2 heterocycles. The molecule has 9 heteroatoms. The van der Waals surface area contributed by atoms with Gasteiger partial charge in [0.1, 0.15) is 11.4 Å². The first-order valence-corrected chi connectivity index (χ1v) is 11.8. The van der Waals surface area contributed by atoms with E-state index in [-0.39, 0.29) is 26.8 Å². The van der Waals surface area contributed by atoms with Gasteiger partial charge in [0, 0.05) is 23.4 Å². The van der Waals surface area contributed by atoms with Crippen LogP contribution in [0, 0.1) is 5.82 Å². The van der Waals surface area contributed by atoms with Gasteiger partial charge < -0.3 is 4.90 Å². The van der Waals surface area contributed by atoms with Crippen molar-refractivity contribution in [1.82, 2.24) is 5.32 Å². The third-order valence-electron chi connectivity index (χ3n) is 5.98. The van der Waals surface area contributed by atoms with Gasteiger partial charge in [0.15, 0.2) is 5.11 Å². The van der Waals surface area contributed by atoms with Crippen LogP contribution in [-0.2, 0) is 9.59 Å². The SMILES string of the molecule is CCN1c2cc(F)c(/C=C3/C(=O)NC(=S)N(c4ccc(Cl)c(Cl)c4)C3=O)cc2C(C)=CC1(C)C. The minimum absolute atomic E-state index is 0.101. The summed E-state index contributed by atoms with van der Waals surface area (Å²) >= 11 is 17.3. The second-order valence-electron chi connectivity index (χ2n) is 8.67. The molecule has 34 heavy (non-hydrogen) atoms. The van der Waals surface area contributed by atoms with Crippen LogP contribution in [0.3, 0.4) is 0 Å². The van der Waals surface area contributed by atoms with Crippen LogP contribution in [0.25, 0.3) is 11.6 Å². The molecular weight excluding hydrogens is 496 g/mol. The van der Waals surface area contributed by atoms with Crippen LogP contribution < -0.4 is 15.1 Å². The highest BCUT2D eigenvalue weighted by Crippen LogP contribution is 2.40. The van der Waals surface area contributed by atoms with E-state index in [1.807, 2.05) is 13.8 Å². The summed E-state index contributed by atoms with van der Waals surface area (Å²) in [5.74, 6) is -1.93. The number of hydrogen-bond acceptors (Lipinski definition) is 4. The first-order chi connectivity index (χ1) is 15.9. The first kappa shape index (κ1) is 24.4. The van der Waals surface area contributed by atoms with Crippen LogP contribution >= 0.6 is 35.4 Å². The van der Waals surface area contributed by atoms with Crippen molar-refractivity contribution in [3.05, 3.63) is 69.0 Å². The van der Waals surface area contributed by atoms with Crippen molar-refractivity contribution in [2.75, 3.05) is 16.3 Å². The molecule has 0 bridgehead atoms. The molecule has 5 nitrogen and oxygen atoms in total. The van der Waals surface area contributed by atoms with Crippen LogP contribution in [0.1, 0.15) is 38.8 Å². The number of nitrogens with one attached hydrogen (secondary N) is 1. The zero-order valence-electron chi connectivity index (χ0n) is 19.0. The van der Waals surface area contributed by atoms with Crippen molar-refractivity contribution in [2.24, 2.45) is 0 Å². The summed E-state index contributed by atoms with van der Waals surface area (Å²) in [5.41, 5.74) is 2.54. The number of anilines is 2. The lowest BCUT2D eigenvalue weighted by atomic mass is 9.87. The van der Waals surface area contributed by atoms with Gasteiger partial charge in [-0.3, -0.25) is 19.8 Å². The molecule has 0 radical (unpaired) electrons. The Kier molecular flexibility index (Phi) is 6.31. The van der Waals surface area contributed by atoms with E-state index in [2.05, 4.69) is 30.1 Å². The second kappa shape index (κ2) is 8.80. The van der Waals surface area contributed by atoms with Crippen molar-refractivity contribution >= 4 is 75.4 Å². The molecular formula is C25H22Cl2FN3O2S. The predicted molar refractivity (Wildman–Crippen MR) is 140 cm³/mol. The number of carbonyl (C=O) groups is 2. The number of halogens is 3. The van der Waals surface area contributed by atoms with E-state index in [0.717, 1.165) is 21.7 Å². The van der Waals surface area contributed by atoms with E-state index in [0.29, 0.717) is 17.3 Å². The molecule has 1 N–H and O–H groups in total. The maximum atomic E-state index is 15.3. The Bertz CT molecular complexity index is 1320. The molecule has 1 fully saturated rings. The molecule has 176 valence electrons. The lowest BCUT2D eigenvalue weighted by Crippen LogP contribution is -2.54. The lowest BCUT2D eigenvalue weighted by Gasteiger charge is -2.43. The van der Waals surface area contributed by atoms with E-state index in [4.69, 9.17) is 35.4 Å². The van der Waals surface area contributed by atoms with Gasteiger partial charge in [-0.15, -0.1) is 0 Å². The fourth-order valence-corrected chi connectivity index (χ4v) is 5.05. The topological polar surface area (TPSA) is 52.7 Å². The minimum Gasteiger partial charge on any atom is -0.363 e. The van der Waals surface area contributed by atoms with Crippen LogP contribution in [0.15, 0.2) is 42.0 Å². The van der Waals surface area contributed by atoms with Crippen molar-refractivity contribution < 1.29 is 14.0 Å². The molecule has 2 aromatic carbocycles. The maximum Gasteiger partial charge on any atom is 0.270 e. The molecule has 0 saturated carbocycles. The summed E-state index contributed by atoms with van der Waals surface area (Å²) in [6, 6.07) is 7.67. The zero-order valence-corrected chi connectivity index (χ0v) is 21.3. The van der Waals surface area contributed by atoms with E-state index in [9.17, 15) is 9.59 Å². The lowest BCUT2D eigenvalue weighted by molar-refractivity contribution is -0.122. The molecule has 0 spiro atoms. The minimum atomic E-state index is -0.702. The summed E-state index contributed by atoms with van der Waals surface area (Å²) < 4.78 is 15.3. The Morgan fingerprint density at radius 3 is 2.50 bits per heavy atom. The third-order valence-corrected chi connectivity index (χ3v) is 7.00. The van der Waals surface area contributed by atoms with Crippen molar-refractivity contribution in [3.8, 4) is 0 Å². The summed E-state index contributed by atoms with van der Waals surface area (Å²) in [4.78, 5) is 29.2. The highest BCUT2D eigenvalue weighted by molar-refractivity contribution is 7.80. The average Bonchev–Trinajstić information content (AvgIpc) is 2.73. The number of allylic oxidation sites excluding steroid dienone is 1. The molecule has 2 amide bonds. The fraction of sp³-hybridized carbons (Fsp3) is 0.240. The van der Waals surface area contributed by atoms with Crippen LogP contribution in [0.4, 0.5) is 15.8 Å². The Morgan fingerprint density at radius 2 is 1.85 bits per heavy atom. The quantitative estimate of drug-likeness (QED) is 0.308. The van der Waals surface area contributed by atoms with Gasteiger partial charge in [0.25, 0.3) is 11.8 Å². The Hall–Kier alpha value is -2.74. The Balaban J connectivity index is 1.80. The standard InChI is InChI=1S/C25H22Cl2FN3O2S/c1-5-30-21-11-20(28)14(8-16(21)13(2)12-25(30,3)4)9-17-22(32)29-24(34)31(23(17)33)15-6-7-18(26)19(27)10-15/h6-12H,5H2,1-4H3,(H,29,32,34)/b17-9-. The Labute approximate surface area is 212 Å². The number of fused-ring (bicyclic) bond motifs is 1. The van der Waals surface area contributed by atoms with E-state index in [1.54, 1.807) is 12.1 Å². The van der Waals surface area contributed by atoms with Gasteiger partial charge >= 0.3 is 0 Å². The molecule has 0 aromatic heterocycles. The second-order valence-corrected chi connectivity index (χ2v) is 9.87. The summed E-state index contributed by atoms with van der Waals surface area (Å²) in [6.45, 7) is 8.82. The molecule has 4 rings (SSSR count). The largest absolute Gasteiger partial charge is 0.363 e. The molecule has 0 unspecified atom stereocenters. The number of thiocarbonyl (C=S) groups is 1. The number of benzene rings is 2. The molecule has 0 atom stereocenters. The highest BCUT2D eigenvalue weighted by atomic mass is 35.5. The van der Waals surface area contributed by atoms with Gasteiger partial charge in [-0.2, -0.15) is 0 Å². The van der Waals surface area contributed by atoms with Gasteiger partial charge in [-0.05, 0) is 81.9 Å². The first-order valence-electron chi connectivity index (χ1n) is 10.6. The Morgan fingerprint density at radius 1 is 1.15 bits per heavy atom. The van der Waals surface area contributed by atoms with Crippen molar-refractivity contribution in [2.45, 2.75) is 33.2 Å². The average molecular weight is 518 g/mol. The number of rotatable bonds is 3. The monoisotopic (exact) mass is 517 g/mol. The van der Waals surface area contributed by atoms with Gasteiger partial charge in [0.05, 0.1) is 21.3 Å². The highest BCUT2D eigenvalue weighted by Gasteiger charge is 2.36. The van der Waals surface area contributed by atoms with Crippen molar-refractivity contribution in [1.29, 1.82) is 0 Å². The fourth-order valence-electron chi connectivity index (χ4n) is 4.47. The van der Waals surface area contributed by atoms with Crippen LogP contribution in [0.5, 0.6) is 0 Å². The van der Waals surface area contributed by atoms with Gasteiger partial charge in [0.2, 0.25) is 0 Å². The van der Waals surface area contributed by atoms with E-state index >= 15 is 4.39 Å². The van der Waals surface area contributed by atoms with Crippen molar-refractivity contribution in [3.63, 3.8) is 0 Å². The maximum absolute atomic E-state index is 15.3. The summed E-state index contributed by atoms with van der Waals surface area (Å²) in [6.07, 6.45) is 3.37. The number of likely N-dealkylation sites (N-methyl/N-ethyl adjacent to an activating group) is 1. The molecule has 1 saturated heterocycles. The molecule has 2 aromatic rings. The smallest absolute Gasteiger partial charge is 0.270 e. The normalized spacial score (nSPS) is 18.7. The van der Waals surface area contributed by atoms with Crippen LogP contribution in [-0.4, -0.2) is 29.0 Å². The molecule has 2 aliphatic heterocycles. The molecule has 2 aliphatic rings. The zero-order chi connectivity index (χ0) is 24.9. The van der Waals surface area contributed by atoms with E-state index in [1.165, 1.54) is 24.3 Å². The molecule has 0 aliphatic carbocycles. The third kappa shape index (κ3) is 4.13. The van der Waals surface area contributed by atoms with Crippen LogP contribution in [0.2, 0.25) is 10.0 Å². The number of amides is 2. The number of hydrogen-bond donors (Lipinski definition) is 1. The predicted octanol–water partition coefficient (Wildman–Crippen LogP) is 5.99. The number of nitrogens with zero attached hydrogens (tertiary/aromatic N) is 2. The summed E-state index contributed by atoms with van der Waals surface area (Å²) in [5, 5.41) is 2.93. The van der Waals surface area contributed by atoms with E-state index < -0.39 is 17.6 Å².